The van der Waals surface area contributed by atoms with Gasteiger partial charge in [-0.1, -0.05) is 6.07 Å². The van der Waals surface area contributed by atoms with Gasteiger partial charge in [-0.05, 0) is 13.0 Å². The van der Waals surface area contributed by atoms with E-state index in [1.807, 2.05) is 13.0 Å². The lowest BCUT2D eigenvalue weighted by molar-refractivity contribution is 0.0592. The Hall–Kier alpha value is -3.03. The molecular formula is C15H16N4O4. The Morgan fingerprint density at radius 3 is 2.57 bits per heavy atom. The number of nitrogens with one attached hydrogen (secondary N) is 1. The first-order valence-corrected chi connectivity index (χ1v) is 6.91. The van der Waals surface area contributed by atoms with Gasteiger partial charge in [0.1, 0.15) is 5.69 Å². The quantitative estimate of drug-likeness (QED) is 0.792. The Morgan fingerprint density at radius 1 is 1.17 bits per heavy atom. The van der Waals surface area contributed by atoms with Gasteiger partial charge in [0.25, 0.3) is 5.91 Å². The third-order valence-corrected chi connectivity index (χ3v) is 2.85. The average molecular weight is 316 g/mol. The molecule has 1 N–H and O–H groups in total. The van der Waals surface area contributed by atoms with Crippen LogP contribution >= 0.6 is 0 Å². The predicted molar refractivity (Wildman–Crippen MR) is 79.9 cm³/mol. The molecule has 120 valence electrons. The third-order valence-electron chi connectivity index (χ3n) is 2.85. The molecule has 8 nitrogen and oxygen atoms in total. The number of hydrogen-bond donors (Lipinski definition) is 1. The van der Waals surface area contributed by atoms with E-state index in [-0.39, 0.29) is 17.9 Å². The van der Waals surface area contributed by atoms with Crippen LogP contribution in [0.3, 0.4) is 0 Å². The van der Waals surface area contributed by atoms with E-state index in [1.165, 1.54) is 19.5 Å². The van der Waals surface area contributed by atoms with Crippen LogP contribution in [0.25, 0.3) is 0 Å². The second kappa shape index (κ2) is 7.83. The van der Waals surface area contributed by atoms with Gasteiger partial charge < -0.3 is 14.8 Å². The number of amides is 1. The second-order valence-electron chi connectivity index (χ2n) is 4.36. The molecule has 0 aromatic carbocycles. The summed E-state index contributed by atoms with van der Waals surface area (Å²) < 4.78 is 9.90. The molecule has 0 atom stereocenters. The molecule has 0 fully saturated rings. The van der Waals surface area contributed by atoms with Crippen molar-refractivity contribution in [3.63, 3.8) is 0 Å². The molecule has 0 saturated heterocycles. The second-order valence-corrected chi connectivity index (χ2v) is 4.36. The Morgan fingerprint density at radius 2 is 1.91 bits per heavy atom. The van der Waals surface area contributed by atoms with E-state index in [0.29, 0.717) is 12.5 Å². The van der Waals surface area contributed by atoms with Gasteiger partial charge in [0.15, 0.2) is 5.69 Å². The molecule has 2 aromatic heterocycles. The van der Waals surface area contributed by atoms with Crippen LogP contribution in [0.4, 0.5) is 0 Å². The summed E-state index contributed by atoms with van der Waals surface area (Å²) in [6.45, 7) is 2.58. The molecule has 0 aliphatic rings. The standard InChI is InChI=1S/C15H16N4O4/c1-3-23-14-10(5-4-6-16-14)7-19-13(20)11-8-18-12(9-17-11)15(21)22-2/h4-6,8-9H,3,7H2,1-2H3,(H,19,20). The van der Waals surface area contributed by atoms with Gasteiger partial charge in [-0.15, -0.1) is 0 Å². The molecule has 0 spiro atoms. The number of carbonyl (C=O) groups is 2. The average Bonchev–Trinajstić information content (AvgIpc) is 2.60. The SMILES string of the molecule is CCOc1ncccc1CNC(=O)c1cnc(C(=O)OC)cn1. The van der Waals surface area contributed by atoms with E-state index in [0.717, 1.165) is 5.56 Å². The van der Waals surface area contributed by atoms with Crippen LogP contribution in [-0.2, 0) is 11.3 Å². The van der Waals surface area contributed by atoms with Gasteiger partial charge in [0.05, 0.1) is 26.1 Å². The van der Waals surface area contributed by atoms with Gasteiger partial charge in [-0.25, -0.2) is 19.7 Å². The van der Waals surface area contributed by atoms with E-state index in [4.69, 9.17) is 4.74 Å². The summed E-state index contributed by atoms with van der Waals surface area (Å²) in [5, 5.41) is 2.70. The summed E-state index contributed by atoms with van der Waals surface area (Å²) in [7, 11) is 1.24. The van der Waals surface area contributed by atoms with E-state index >= 15 is 0 Å². The minimum Gasteiger partial charge on any atom is -0.478 e. The fourth-order valence-corrected chi connectivity index (χ4v) is 1.75. The summed E-state index contributed by atoms with van der Waals surface area (Å²) in [4.78, 5) is 35.1. The molecule has 0 aliphatic heterocycles. The highest BCUT2D eigenvalue weighted by Gasteiger charge is 2.12. The van der Waals surface area contributed by atoms with Crippen LogP contribution in [0.1, 0.15) is 33.5 Å². The first-order valence-electron chi connectivity index (χ1n) is 6.91. The summed E-state index contributed by atoms with van der Waals surface area (Å²) in [6.07, 6.45) is 4.03. The Balaban J connectivity index is 2.01. The smallest absolute Gasteiger partial charge is 0.358 e. The lowest BCUT2D eigenvalue weighted by Crippen LogP contribution is -2.24. The van der Waals surface area contributed by atoms with E-state index in [1.54, 1.807) is 12.3 Å². The molecule has 8 heteroatoms. The lowest BCUT2D eigenvalue weighted by atomic mass is 10.2. The zero-order valence-corrected chi connectivity index (χ0v) is 12.8. The normalized spacial score (nSPS) is 10.0. The van der Waals surface area contributed by atoms with E-state index in [9.17, 15) is 9.59 Å². The van der Waals surface area contributed by atoms with Crippen molar-refractivity contribution in [1.29, 1.82) is 0 Å². The highest BCUT2D eigenvalue weighted by atomic mass is 16.5. The summed E-state index contributed by atoms with van der Waals surface area (Å²) in [6, 6.07) is 3.57. The van der Waals surface area contributed by atoms with Crippen LogP contribution in [0, 0.1) is 0 Å². The van der Waals surface area contributed by atoms with Gasteiger partial charge in [0, 0.05) is 18.3 Å². The van der Waals surface area contributed by atoms with Crippen molar-refractivity contribution in [2.45, 2.75) is 13.5 Å². The highest BCUT2D eigenvalue weighted by molar-refractivity contribution is 5.92. The molecule has 0 radical (unpaired) electrons. The Labute approximate surface area is 132 Å². The molecule has 0 unspecified atom stereocenters. The molecule has 2 aromatic rings. The van der Waals surface area contributed by atoms with E-state index in [2.05, 4.69) is 25.0 Å². The Kier molecular flexibility index (Phi) is 5.56. The van der Waals surface area contributed by atoms with Crippen molar-refractivity contribution in [3.05, 3.63) is 47.7 Å². The maximum absolute atomic E-state index is 12.0. The topological polar surface area (TPSA) is 103 Å². The molecule has 1 amide bonds. The monoisotopic (exact) mass is 316 g/mol. The molecular weight excluding hydrogens is 300 g/mol. The molecule has 23 heavy (non-hydrogen) atoms. The zero-order chi connectivity index (χ0) is 16.7. The highest BCUT2D eigenvalue weighted by Crippen LogP contribution is 2.13. The van der Waals surface area contributed by atoms with Crippen molar-refractivity contribution in [1.82, 2.24) is 20.3 Å². The summed E-state index contributed by atoms with van der Waals surface area (Å²) in [5.74, 6) is -0.552. The minimum absolute atomic E-state index is 0.0370. The van der Waals surface area contributed by atoms with Gasteiger partial charge in [-0.3, -0.25) is 4.79 Å². The fraction of sp³-hybridized carbons (Fsp3) is 0.267. The summed E-state index contributed by atoms with van der Waals surface area (Å²) >= 11 is 0. The predicted octanol–water partition coefficient (Wildman–Crippen LogP) is 0.987. The number of pyridine rings is 1. The van der Waals surface area contributed by atoms with Crippen LogP contribution in [0.2, 0.25) is 0 Å². The number of aromatic nitrogens is 3. The third kappa shape index (κ3) is 4.22. The van der Waals surface area contributed by atoms with E-state index < -0.39 is 11.9 Å². The maximum Gasteiger partial charge on any atom is 0.358 e. The first kappa shape index (κ1) is 16.3. The number of carbonyl (C=O) groups excluding carboxylic acids is 2. The number of esters is 1. The number of nitrogens with zero attached hydrogens (tertiary/aromatic N) is 3. The van der Waals surface area contributed by atoms with Crippen LogP contribution in [-0.4, -0.2) is 40.5 Å². The van der Waals surface area contributed by atoms with Gasteiger partial charge in [0.2, 0.25) is 5.88 Å². The van der Waals surface area contributed by atoms with Crippen LogP contribution < -0.4 is 10.1 Å². The minimum atomic E-state index is -0.610. The zero-order valence-electron chi connectivity index (χ0n) is 12.8. The van der Waals surface area contributed by atoms with Gasteiger partial charge in [-0.2, -0.15) is 0 Å². The number of methoxy groups -OCH3 is 1. The number of rotatable bonds is 6. The molecule has 2 heterocycles. The fourth-order valence-electron chi connectivity index (χ4n) is 1.75. The Bertz CT molecular complexity index is 688. The van der Waals surface area contributed by atoms with Crippen molar-refractivity contribution in [2.75, 3.05) is 13.7 Å². The first-order chi connectivity index (χ1) is 11.2. The largest absolute Gasteiger partial charge is 0.478 e. The van der Waals surface area contributed by atoms with Gasteiger partial charge >= 0.3 is 5.97 Å². The molecule has 2 rings (SSSR count). The number of ether oxygens (including phenoxy) is 2. The van der Waals surface area contributed by atoms with Crippen molar-refractivity contribution in [2.24, 2.45) is 0 Å². The van der Waals surface area contributed by atoms with Crippen molar-refractivity contribution >= 4 is 11.9 Å². The summed E-state index contributed by atoms with van der Waals surface area (Å²) in [5.41, 5.74) is 0.885. The van der Waals surface area contributed by atoms with Crippen molar-refractivity contribution in [3.8, 4) is 5.88 Å². The molecule has 0 saturated carbocycles. The van der Waals surface area contributed by atoms with Crippen LogP contribution in [0.5, 0.6) is 5.88 Å². The van der Waals surface area contributed by atoms with Crippen LogP contribution in [0.15, 0.2) is 30.7 Å². The number of hydrogen-bond acceptors (Lipinski definition) is 7. The maximum atomic E-state index is 12.0. The molecule has 0 bridgehead atoms. The van der Waals surface area contributed by atoms with Crippen molar-refractivity contribution < 1.29 is 19.1 Å². The molecule has 0 aliphatic carbocycles. The lowest BCUT2D eigenvalue weighted by Gasteiger charge is -2.09.